The first-order valence-electron chi connectivity index (χ1n) is 12.0. The van der Waals surface area contributed by atoms with E-state index in [0.717, 1.165) is 0 Å². The highest BCUT2D eigenvalue weighted by Gasteiger charge is 2.41. The van der Waals surface area contributed by atoms with Crippen LogP contribution in [-0.4, -0.2) is 16.1 Å². The lowest BCUT2D eigenvalue weighted by Gasteiger charge is -2.30. The average Bonchev–Trinajstić information content (AvgIpc) is 2.97. The largest absolute Gasteiger partial charge is 0.229 e. The molecule has 170 valence electrons. The average molecular weight is 491 g/mol. The fourth-order valence-electron chi connectivity index (χ4n) is 5.22. The minimum absolute atomic E-state index is 1.19. The summed E-state index contributed by atoms with van der Waals surface area (Å²) in [5.74, 6) is 0. The third-order valence-corrected chi connectivity index (χ3v) is 15.1. The van der Waals surface area contributed by atoms with Crippen LogP contribution >= 0.6 is 0 Å². The summed E-state index contributed by atoms with van der Waals surface area (Å²) >= 11 is 0. The molecule has 0 aliphatic rings. The van der Waals surface area contributed by atoms with Gasteiger partial charge in [-0.05, 0) is 31.1 Å². The highest BCUT2D eigenvalue weighted by Crippen LogP contribution is 2.10. The van der Waals surface area contributed by atoms with Gasteiger partial charge in [-0.1, -0.05) is 146 Å². The van der Waals surface area contributed by atoms with Crippen LogP contribution in [0, 0.1) is 23.9 Å². The first-order valence-corrected chi connectivity index (χ1v) is 16.0. The predicted molar refractivity (Wildman–Crippen MR) is 159 cm³/mol. The molecule has 5 rings (SSSR count). The summed E-state index contributed by atoms with van der Waals surface area (Å²) in [7, 11) is -5.31. The van der Waals surface area contributed by atoms with Gasteiger partial charge in [-0.15, -0.1) is 23.9 Å². The van der Waals surface area contributed by atoms with Gasteiger partial charge in [-0.3, -0.25) is 0 Å². The monoisotopic (exact) mass is 490 g/mol. The zero-order valence-corrected chi connectivity index (χ0v) is 22.0. The molecule has 0 spiro atoms. The fraction of sp³-hybridized carbons (Fsp3) is 0. The Labute approximate surface area is 216 Å². The summed E-state index contributed by atoms with van der Waals surface area (Å²) in [5.41, 5.74) is 6.62. The predicted octanol–water partition coefficient (Wildman–Crippen LogP) is 2.97. The molecular weight excluding hydrogens is 465 g/mol. The van der Waals surface area contributed by atoms with Gasteiger partial charge in [0.15, 0.2) is 0 Å². The van der Waals surface area contributed by atoms with Crippen LogP contribution in [0.2, 0.25) is 0 Å². The van der Waals surface area contributed by atoms with E-state index in [2.05, 4.69) is 132 Å². The summed E-state index contributed by atoms with van der Waals surface area (Å²) in [6, 6.07) is 51.0. The van der Waals surface area contributed by atoms with E-state index in [9.17, 15) is 0 Å². The van der Waals surface area contributed by atoms with Gasteiger partial charge in [0.2, 0.25) is 16.1 Å². The molecule has 36 heavy (non-hydrogen) atoms. The third-order valence-electron chi connectivity index (χ3n) is 7.01. The van der Waals surface area contributed by atoms with Crippen LogP contribution in [0.5, 0.6) is 0 Å². The first-order chi connectivity index (χ1) is 17.8. The van der Waals surface area contributed by atoms with E-state index in [0.29, 0.717) is 0 Å². The maximum atomic E-state index is 6.42. The lowest BCUT2D eigenvalue weighted by Crippen LogP contribution is -2.68. The Kier molecular flexibility index (Phi) is 6.57. The van der Waals surface area contributed by atoms with Gasteiger partial charge in [-0.25, -0.2) is 0 Å². The van der Waals surface area contributed by atoms with Crippen LogP contribution < -0.4 is 31.1 Å². The lowest BCUT2D eigenvalue weighted by atomic mass is 10.3. The van der Waals surface area contributed by atoms with Crippen molar-refractivity contribution in [2.75, 3.05) is 0 Å². The Morgan fingerprint density at radius 3 is 0.694 bits per heavy atom. The Morgan fingerprint density at radius 2 is 0.500 bits per heavy atom. The molecule has 0 nitrogen and oxygen atoms in total. The molecule has 5 aromatic rings. The normalized spacial score (nSPS) is 11.3. The van der Waals surface area contributed by atoms with Crippen molar-refractivity contribution in [3.8, 4) is 23.9 Å². The topological polar surface area (TPSA) is 0 Å². The molecule has 0 radical (unpaired) electrons. The molecule has 0 unspecified atom stereocenters. The highest BCUT2D eigenvalue weighted by atomic mass is 28.3. The van der Waals surface area contributed by atoms with E-state index in [1.165, 1.54) is 31.1 Å². The van der Waals surface area contributed by atoms with Gasteiger partial charge in [-0.2, -0.15) is 0 Å². The van der Waals surface area contributed by atoms with E-state index in [1.807, 2.05) is 24.3 Å². The van der Waals surface area contributed by atoms with Gasteiger partial charge in [0.25, 0.3) is 0 Å². The fourth-order valence-corrected chi connectivity index (χ4v) is 12.3. The SMILES string of the molecule is C#C[Si](c1ccccc1)(c1ccccc1)c1ccc([Si](C#C)(c2ccccc2)c2ccccc2)cc1. The molecule has 0 aromatic heterocycles. The second-order valence-corrected chi connectivity index (χ2v) is 15.9. The molecule has 0 atom stereocenters. The molecule has 0 saturated carbocycles. The molecule has 0 aliphatic carbocycles. The van der Waals surface area contributed by atoms with Crippen LogP contribution in [0.4, 0.5) is 0 Å². The van der Waals surface area contributed by atoms with Gasteiger partial charge in [0.05, 0.1) is 0 Å². The number of rotatable bonds is 6. The molecule has 0 N–H and O–H groups in total. The molecule has 0 fully saturated rings. The van der Waals surface area contributed by atoms with Crippen molar-refractivity contribution in [3.05, 3.63) is 146 Å². The zero-order chi connectivity index (χ0) is 24.8. The molecular formula is C34H26Si2. The Bertz CT molecular complexity index is 1310. The number of benzene rings is 5. The van der Waals surface area contributed by atoms with E-state index >= 15 is 0 Å². The van der Waals surface area contributed by atoms with Gasteiger partial charge in [0.1, 0.15) is 0 Å². The molecule has 2 heteroatoms. The number of terminal acetylenes is 2. The highest BCUT2D eigenvalue weighted by molar-refractivity contribution is 7.18. The van der Waals surface area contributed by atoms with E-state index in [4.69, 9.17) is 12.8 Å². The second-order valence-electron chi connectivity index (χ2n) is 8.83. The van der Waals surface area contributed by atoms with Crippen molar-refractivity contribution >= 4 is 47.3 Å². The van der Waals surface area contributed by atoms with Gasteiger partial charge < -0.3 is 0 Å². The van der Waals surface area contributed by atoms with Crippen molar-refractivity contribution in [2.24, 2.45) is 0 Å². The molecule has 5 aromatic carbocycles. The van der Waals surface area contributed by atoms with Crippen molar-refractivity contribution in [1.82, 2.24) is 0 Å². The van der Waals surface area contributed by atoms with Crippen LogP contribution in [0.25, 0.3) is 0 Å². The second kappa shape index (κ2) is 10.1. The molecule has 0 aliphatic heterocycles. The number of hydrogen-bond acceptors (Lipinski definition) is 0. The minimum atomic E-state index is -2.66. The van der Waals surface area contributed by atoms with Crippen molar-refractivity contribution in [3.63, 3.8) is 0 Å². The van der Waals surface area contributed by atoms with E-state index in [-0.39, 0.29) is 0 Å². The number of hydrogen-bond donors (Lipinski definition) is 0. The van der Waals surface area contributed by atoms with E-state index < -0.39 is 16.1 Å². The zero-order valence-electron chi connectivity index (χ0n) is 20.0. The van der Waals surface area contributed by atoms with E-state index in [1.54, 1.807) is 0 Å². The summed E-state index contributed by atoms with van der Waals surface area (Å²) in [6.45, 7) is 0. The smallest absolute Gasteiger partial charge is 0.126 e. The minimum Gasteiger partial charge on any atom is -0.126 e. The summed E-state index contributed by atoms with van der Waals surface area (Å²) in [4.78, 5) is 0. The van der Waals surface area contributed by atoms with Gasteiger partial charge >= 0.3 is 0 Å². The summed E-state index contributed by atoms with van der Waals surface area (Å²) < 4.78 is 0. The Hall–Kier alpha value is -4.35. The Balaban J connectivity index is 1.72. The van der Waals surface area contributed by atoms with Gasteiger partial charge in [0, 0.05) is 0 Å². The quantitative estimate of drug-likeness (QED) is 0.195. The van der Waals surface area contributed by atoms with Crippen LogP contribution in [0.15, 0.2) is 146 Å². The first kappa shape index (κ1) is 23.4. The summed E-state index contributed by atoms with van der Waals surface area (Å²) in [6.07, 6.45) is 12.8. The molecule has 0 saturated heterocycles. The molecule has 0 amide bonds. The summed E-state index contributed by atoms with van der Waals surface area (Å²) in [5, 5.41) is 7.20. The standard InChI is InChI=1S/C34H26Si2/c1-3-35(29-17-9-5-10-18-29,30-19-11-6-12-20-30)33-25-27-34(28-26-33)36(4-2,31-21-13-7-14-22-31)32-23-15-8-16-24-32/h1-2,5-28H. The van der Waals surface area contributed by atoms with Crippen molar-refractivity contribution < 1.29 is 0 Å². The van der Waals surface area contributed by atoms with Crippen LogP contribution in [-0.2, 0) is 0 Å². The lowest BCUT2D eigenvalue weighted by molar-refractivity contribution is 1.69. The maximum Gasteiger partial charge on any atom is 0.229 e. The Morgan fingerprint density at radius 1 is 0.306 bits per heavy atom. The van der Waals surface area contributed by atoms with Crippen LogP contribution in [0.3, 0.4) is 0 Å². The third kappa shape index (κ3) is 3.84. The maximum absolute atomic E-state index is 6.42. The van der Waals surface area contributed by atoms with Crippen LogP contribution in [0.1, 0.15) is 0 Å². The van der Waals surface area contributed by atoms with Crippen molar-refractivity contribution in [2.45, 2.75) is 0 Å². The molecule has 0 heterocycles. The molecule has 0 bridgehead atoms. The van der Waals surface area contributed by atoms with Crippen molar-refractivity contribution in [1.29, 1.82) is 0 Å².